The molecule has 106 valence electrons. The molecule has 0 aliphatic carbocycles. The summed E-state index contributed by atoms with van der Waals surface area (Å²) in [4.78, 5) is 0. The normalized spacial score (nSPS) is 10.8. The third-order valence-corrected chi connectivity index (χ3v) is 4.12. The van der Waals surface area contributed by atoms with E-state index in [1.54, 1.807) is 18.2 Å². The predicted molar refractivity (Wildman–Crippen MR) is 83.3 cm³/mol. The number of hydrogen-bond donors (Lipinski definition) is 1. The zero-order valence-corrected chi connectivity index (χ0v) is 12.9. The topological polar surface area (TPSA) is 12.0 Å². The van der Waals surface area contributed by atoms with Crippen LogP contribution in [0.4, 0.5) is 4.39 Å². The molecule has 20 heavy (non-hydrogen) atoms. The molecule has 1 nitrogen and oxygen atoms in total. The van der Waals surface area contributed by atoms with E-state index in [9.17, 15) is 4.39 Å². The van der Waals surface area contributed by atoms with Gasteiger partial charge in [-0.3, -0.25) is 0 Å². The fraction of sp³-hybridized carbons (Fsp3) is 0.200. The van der Waals surface area contributed by atoms with Gasteiger partial charge in [0.25, 0.3) is 0 Å². The van der Waals surface area contributed by atoms with Gasteiger partial charge in [0, 0.05) is 17.1 Å². The lowest BCUT2D eigenvalue weighted by Gasteiger charge is -2.10. The fourth-order valence-electron chi connectivity index (χ4n) is 1.87. The van der Waals surface area contributed by atoms with E-state index in [0.29, 0.717) is 28.2 Å². The molecule has 0 saturated heterocycles. The lowest BCUT2D eigenvalue weighted by atomic mass is 10.1. The molecule has 0 bridgehead atoms. The molecule has 0 spiro atoms. The van der Waals surface area contributed by atoms with Gasteiger partial charge in [0.2, 0.25) is 0 Å². The van der Waals surface area contributed by atoms with Crippen LogP contribution >= 0.6 is 34.8 Å². The Balaban J connectivity index is 1.89. The zero-order chi connectivity index (χ0) is 14.5. The SMILES string of the molecule is Fc1cccc(CCNCc2c(Cl)ccc(Cl)c2Cl)c1. The van der Waals surface area contributed by atoms with Crippen molar-refractivity contribution in [2.75, 3.05) is 6.54 Å². The van der Waals surface area contributed by atoms with E-state index in [2.05, 4.69) is 5.32 Å². The molecule has 0 aromatic heterocycles. The maximum atomic E-state index is 13.0. The molecule has 0 amide bonds. The van der Waals surface area contributed by atoms with Crippen molar-refractivity contribution >= 4 is 34.8 Å². The predicted octanol–water partition coefficient (Wildman–Crippen LogP) is 5.12. The summed E-state index contributed by atoms with van der Waals surface area (Å²) in [7, 11) is 0. The third-order valence-electron chi connectivity index (χ3n) is 2.92. The highest BCUT2D eigenvalue weighted by molar-refractivity contribution is 6.44. The van der Waals surface area contributed by atoms with Crippen LogP contribution in [0, 0.1) is 5.82 Å². The second-order valence-corrected chi connectivity index (χ2v) is 5.57. The molecule has 1 N–H and O–H groups in total. The van der Waals surface area contributed by atoms with Gasteiger partial charge < -0.3 is 5.32 Å². The monoisotopic (exact) mass is 331 g/mol. The van der Waals surface area contributed by atoms with E-state index in [-0.39, 0.29) is 5.82 Å². The van der Waals surface area contributed by atoms with Crippen LogP contribution in [0.25, 0.3) is 0 Å². The van der Waals surface area contributed by atoms with Crippen molar-refractivity contribution in [3.05, 3.63) is 68.4 Å². The Hall–Kier alpha value is -0.800. The maximum Gasteiger partial charge on any atom is 0.123 e. The minimum atomic E-state index is -0.219. The number of hydrogen-bond acceptors (Lipinski definition) is 1. The van der Waals surface area contributed by atoms with Gasteiger partial charge in [-0.15, -0.1) is 0 Å². The molecule has 2 rings (SSSR count). The second kappa shape index (κ2) is 7.28. The van der Waals surface area contributed by atoms with Crippen LogP contribution in [-0.4, -0.2) is 6.54 Å². The van der Waals surface area contributed by atoms with E-state index in [4.69, 9.17) is 34.8 Å². The van der Waals surface area contributed by atoms with Crippen LogP contribution in [0.2, 0.25) is 15.1 Å². The Kier molecular flexibility index (Phi) is 5.67. The van der Waals surface area contributed by atoms with E-state index < -0.39 is 0 Å². The molecule has 0 unspecified atom stereocenters. The number of benzene rings is 2. The fourth-order valence-corrected chi connectivity index (χ4v) is 2.55. The largest absolute Gasteiger partial charge is 0.312 e. The highest BCUT2D eigenvalue weighted by atomic mass is 35.5. The quantitative estimate of drug-likeness (QED) is 0.592. The van der Waals surface area contributed by atoms with Gasteiger partial charge in [-0.2, -0.15) is 0 Å². The highest BCUT2D eigenvalue weighted by Gasteiger charge is 2.08. The summed E-state index contributed by atoms with van der Waals surface area (Å²) in [6.07, 6.45) is 0.730. The smallest absolute Gasteiger partial charge is 0.123 e. The first-order chi connectivity index (χ1) is 9.58. The lowest BCUT2D eigenvalue weighted by Crippen LogP contribution is -2.17. The standard InChI is InChI=1S/C15H13Cl3FN/c16-13-4-5-14(17)15(18)12(13)9-20-7-6-10-2-1-3-11(19)8-10/h1-5,8,20H,6-7,9H2. The van der Waals surface area contributed by atoms with Crippen LogP contribution < -0.4 is 5.32 Å². The first-order valence-corrected chi connectivity index (χ1v) is 7.29. The zero-order valence-electron chi connectivity index (χ0n) is 10.6. The first-order valence-electron chi connectivity index (χ1n) is 6.15. The van der Waals surface area contributed by atoms with Crippen LogP contribution in [0.5, 0.6) is 0 Å². The van der Waals surface area contributed by atoms with Crippen molar-refractivity contribution in [2.45, 2.75) is 13.0 Å². The van der Waals surface area contributed by atoms with Crippen LogP contribution in [0.15, 0.2) is 36.4 Å². The summed E-state index contributed by atoms with van der Waals surface area (Å²) in [6, 6.07) is 9.95. The van der Waals surface area contributed by atoms with Crippen LogP contribution in [0.1, 0.15) is 11.1 Å². The number of nitrogens with one attached hydrogen (secondary N) is 1. The average molecular weight is 333 g/mol. The Morgan fingerprint density at radius 3 is 2.50 bits per heavy atom. The minimum Gasteiger partial charge on any atom is -0.312 e. The average Bonchev–Trinajstić information content (AvgIpc) is 2.42. The molecule has 0 atom stereocenters. The van der Waals surface area contributed by atoms with E-state index in [0.717, 1.165) is 17.5 Å². The van der Waals surface area contributed by atoms with Crippen LogP contribution in [-0.2, 0) is 13.0 Å². The molecule has 2 aromatic rings. The molecule has 0 radical (unpaired) electrons. The van der Waals surface area contributed by atoms with Crippen molar-refractivity contribution in [1.29, 1.82) is 0 Å². The van der Waals surface area contributed by atoms with Gasteiger partial charge in [-0.25, -0.2) is 4.39 Å². The molecule has 0 aliphatic rings. The van der Waals surface area contributed by atoms with Gasteiger partial charge in [0.1, 0.15) is 5.82 Å². The maximum absolute atomic E-state index is 13.0. The molecular formula is C15H13Cl3FN. The molecule has 0 fully saturated rings. The number of rotatable bonds is 5. The minimum absolute atomic E-state index is 0.219. The van der Waals surface area contributed by atoms with Crippen molar-refractivity contribution in [2.24, 2.45) is 0 Å². The molecule has 2 aromatic carbocycles. The third kappa shape index (κ3) is 4.10. The number of halogens is 4. The van der Waals surface area contributed by atoms with Gasteiger partial charge in [-0.05, 0) is 42.8 Å². The Morgan fingerprint density at radius 2 is 1.75 bits per heavy atom. The van der Waals surface area contributed by atoms with Gasteiger partial charge in [0.05, 0.1) is 10.0 Å². The lowest BCUT2D eigenvalue weighted by molar-refractivity contribution is 0.622. The van der Waals surface area contributed by atoms with Crippen molar-refractivity contribution in [1.82, 2.24) is 5.32 Å². The van der Waals surface area contributed by atoms with Crippen LogP contribution in [0.3, 0.4) is 0 Å². The molecule has 0 saturated carbocycles. The summed E-state index contributed by atoms with van der Waals surface area (Å²) in [6.45, 7) is 1.22. The molecule has 0 heterocycles. The Morgan fingerprint density at radius 1 is 1.00 bits per heavy atom. The summed E-state index contributed by atoms with van der Waals surface area (Å²) in [5.41, 5.74) is 1.72. The summed E-state index contributed by atoms with van der Waals surface area (Å²) < 4.78 is 13.0. The second-order valence-electron chi connectivity index (χ2n) is 4.38. The van der Waals surface area contributed by atoms with E-state index >= 15 is 0 Å². The molecule has 5 heteroatoms. The van der Waals surface area contributed by atoms with E-state index in [1.807, 2.05) is 6.07 Å². The van der Waals surface area contributed by atoms with Gasteiger partial charge in [0.15, 0.2) is 0 Å². The summed E-state index contributed by atoms with van der Waals surface area (Å²) in [5.74, 6) is -0.219. The molecular weight excluding hydrogens is 320 g/mol. The highest BCUT2D eigenvalue weighted by Crippen LogP contribution is 2.31. The van der Waals surface area contributed by atoms with E-state index in [1.165, 1.54) is 12.1 Å². The van der Waals surface area contributed by atoms with Crippen molar-refractivity contribution in [3.63, 3.8) is 0 Å². The van der Waals surface area contributed by atoms with Gasteiger partial charge >= 0.3 is 0 Å². The van der Waals surface area contributed by atoms with Gasteiger partial charge in [-0.1, -0.05) is 46.9 Å². The summed E-state index contributed by atoms with van der Waals surface area (Å²) in [5, 5.41) is 4.76. The Labute approximate surface area is 132 Å². The Bertz CT molecular complexity index is 602. The first kappa shape index (κ1) is 15.6. The summed E-state index contributed by atoms with van der Waals surface area (Å²) >= 11 is 18.1. The molecule has 0 aliphatic heterocycles. The van der Waals surface area contributed by atoms with Crippen molar-refractivity contribution < 1.29 is 4.39 Å². The van der Waals surface area contributed by atoms with Crippen molar-refractivity contribution in [3.8, 4) is 0 Å².